The van der Waals surface area contributed by atoms with E-state index in [0.717, 1.165) is 6.54 Å². The summed E-state index contributed by atoms with van der Waals surface area (Å²) in [6, 6.07) is 0.338. The fourth-order valence-corrected chi connectivity index (χ4v) is 0.588. The van der Waals surface area contributed by atoms with Gasteiger partial charge in [-0.05, 0) is 20.4 Å². The second-order valence-corrected chi connectivity index (χ2v) is 2.12. The quantitative estimate of drug-likeness (QED) is 0.510. The lowest BCUT2D eigenvalue weighted by Gasteiger charge is -2.19. The molecule has 0 saturated carbocycles. The van der Waals surface area contributed by atoms with Crippen LogP contribution in [-0.2, 0) is 0 Å². The average molecular weight is 119 g/mol. The van der Waals surface area contributed by atoms with Gasteiger partial charge in [0.2, 0.25) is 0 Å². The summed E-state index contributed by atoms with van der Waals surface area (Å²) in [6.45, 7) is 6.41. The Kier molecular flexibility index (Phi) is 3.79. The highest BCUT2D eigenvalue weighted by Crippen LogP contribution is 1.95. The molecule has 0 heterocycles. The predicted molar refractivity (Wildman–Crippen MR) is 33.5 cm³/mol. The van der Waals surface area contributed by atoms with Crippen LogP contribution < -0.4 is 0 Å². The molecule has 0 spiro atoms. The van der Waals surface area contributed by atoms with Crippen LogP contribution in [0.1, 0.15) is 20.8 Å². The third-order valence-electron chi connectivity index (χ3n) is 1.29. The van der Waals surface area contributed by atoms with Gasteiger partial charge in [0.05, 0.1) is 0 Å². The first-order valence-corrected chi connectivity index (χ1v) is 3.02. The Morgan fingerprint density at radius 2 is 2.00 bits per heavy atom. The van der Waals surface area contributed by atoms with Gasteiger partial charge in [-0.25, -0.2) is 4.39 Å². The molecule has 0 aliphatic carbocycles. The maximum Gasteiger partial charge on any atom is 0.143 e. The lowest BCUT2D eigenvalue weighted by molar-refractivity contribution is 0.155. The summed E-state index contributed by atoms with van der Waals surface area (Å²) >= 11 is 0. The van der Waals surface area contributed by atoms with Crippen LogP contribution >= 0.6 is 0 Å². The van der Waals surface area contributed by atoms with Crippen molar-refractivity contribution in [2.75, 3.05) is 13.3 Å². The highest BCUT2D eigenvalue weighted by molar-refractivity contribution is 4.53. The smallest absolute Gasteiger partial charge is 0.143 e. The van der Waals surface area contributed by atoms with Crippen molar-refractivity contribution in [1.29, 1.82) is 0 Å². The van der Waals surface area contributed by atoms with E-state index in [2.05, 4.69) is 0 Å². The molecular formula is C6H14FN. The topological polar surface area (TPSA) is 3.24 Å². The van der Waals surface area contributed by atoms with E-state index in [1.807, 2.05) is 20.8 Å². The first-order chi connectivity index (χ1) is 3.72. The van der Waals surface area contributed by atoms with E-state index >= 15 is 0 Å². The Bertz CT molecular complexity index is 50.5. The van der Waals surface area contributed by atoms with Gasteiger partial charge in [0.1, 0.15) is 6.80 Å². The fraction of sp³-hybridized carbons (Fsp3) is 1.00. The summed E-state index contributed by atoms with van der Waals surface area (Å²) in [5.74, 6) is 0. The standard InChI is InChI=1S/C6H14FN/c1-4-8(5-7)6(2)3/h6H,4-5H2,1-3H3. The highest BCUT2D eigenvalue weighted by Gasteiger charge is 2.03. The van der Waals surface area contributed by atoms with Crippen molar-refractivity contribution < 1.29 is 4.39 Å². The molecule has 2 heteroatoms. The predicted octanol–water partition coefficient (Wildman–Crippen LogP) is 1.64. The summed E-state index contributed by atoms with van der Waals surface area (Å²) in [4.78, 5) is 1.75. The number of hydrogen-bond acceptors (Lipinski definition) is 1. The molecule has 8 heavy (non-hydrogen) atoms. The normalized spacial score (nSPS) is 11.2. The van der Waals surface area contributed by atoms with Gasteiger partial charge in [0.25, 0.3) is 0 Å². The van der Waals surface area contributed by atoms with E-state index in [9.17, 15) is 4.39 Å². The summed E-state index contributed by atoms with van der Waals surface area (Å²) in [7, 11) is 0. The minimum atomic E-state index is -0.325. The van der Waals surface area contributed by atoms with Gasteiger partial charge >= 0.3 is 0 Å². The minimum absolute atomic E-state index is 0.325. The van der Waals surface area contributed by atoms with Crippen LogP contribution in [0.4, 0.5) is 4.39 Å². The summed E-state index contributed by atoms with van der Waals surface area (Å²) in [6.07, 6.45) is 0. The van der Waals surface area contributed by atoms with Gasteiger partial charge in [0.15, 0.2) is 0 Å². The van der Waals surface area contributed by atoms with E-state index in [1.165, 1.54) is 0 Å². The molecule has 0 saturated heterocycles. The second-order valence-electron chi connectivity index (χ2n) is 2.12. The lowest BCUT2D eigenvalue weighted by Crippen LogP contribution is -2.29. The van der Waals surface area contributed by atoms with Crippen molar-refractivity contribution in [3.05, 3.63) is 0 Å². The van der Waals surface area contributed by atoms with Crippen LogP contribution in [0, 0.1) is 0 Å². The Morgan fingerprint density at radius 3 is 2.00 bits per heavy atom. The maximum atomic E-state index is 11.8. The fourth-order valence-electron chi connectivity index (χ4n) is 0.588. The molecule has 0 radical (unpaired) electrons. The number of hydrogen-bond donors (Lipinski definition) is 0. The van der Waals surface area contributed by atoms with E-state index in [1.54, 1.807) is 4.90 Å². The van der Waals surface area contributed by atoms with Crippen LogP contribution in [0.3, 0.4) is 0 Å². The Labute approximate surface area is 50.5 Å². The molecule has 0 N–H and O–H groups in total. The van der Waals surface area contributed by atoms with Crippen molar-refractivity contribution in [3.63, 3.8) is 0 Å². The molecule has 0 aromatic carbocycles. The van der Waals surface area contributed by atoms with E-state index < -0.39 is 0 Å². The van der Waals surface area contributed by atoms with Crippen LogP contribution in [-0.4, -0.2) is 24.3 Å². The molecule has 0 aliphatic rings. The van der Waals surface area contributed by atoms with E-state index in [-0.39, 0.29) is 6.80 Å². The van der Waals surface area contributed by atoms with Crippen molar-refractivity contribution in [1.82, 2.24) is 4.90 Å². The zero-order valence-electron chi connectivity index (χ0n) is 5.82. The van der Waals surface area contributed by atoms with E-state index in [0.29, 0.717) is 6.04 Å². The first-order valence-electron chi connectivity index (χ1n) is 3.02. The minimum Gasteiger partial charge on any atom is -0.274 e. The summed E-state index contributed by atoms with van der Waals surface area (Å²) < 4.78 is 11.8. The van der Waals surface area contributed by atoms with Crippen molar-refractivity contribution in [2.45, 2.75) is 26.8 Å². The molecule has 0 aliphatic heterocycles. The van der Waals surface area contributed by atoms with Crippen LogP contribution in [0.2, 0.25) is 0 Å². The molecule has 0 aromatic rings. The Morgan fingerprint density at radius 1 is 1.50 bits per heavy atom. The molecule has 1 nitrogen and oxygen atoms in total. The van der Waals surface area contributed by atoms with Crippen LogP contribution in [0.15, 0.2) is 0 Å². The monoisotopic (exact) mass is 119 g/mol. The molecule has 0 amide bonds. The molecule has 0 rings (SSSR count). The van der Waals surface area contributed by atoms with Crippen LogP contribution in [0.5, 0.6) is 0 Å². The molecule has 0 aromatic heterocycles. The van der Waals surface area contributed by atoms with Gasteiger partial charge in [-0.1, -0.05) is 6.92 Å². The third-order valence-corrected chi connectivity index (χ3v) is 1.29. The molecular weight excluding hydrogens is 105 g/mol. The second kappa shape index (κ2) is 3.84. The van der Waals surface area contributed by atoms with Gasteiger partial charge in [-0.2, -0.15) is 0 Å². The van der Waals surface area contributed by atoms with Gasteiger partial charge in [-0.15, -0.1) is 0 Å². The SMILES string of the molecule is CCN(CF)C(C)C. The number of alkyl halides is 1. The molecule has 50 valence electrons. The van der Waals surface area contributed by atoms with Gasteiger partial charge < -0.3 is 0 Å². The van der Waals surface area contributed by atoms with Crippen molar-refractivity contribution >= 4 is 0 Å². The number of nitrogens with zero attached hydrogens (tertiary/aromatic N) is 1. The average Bonchev–Trinajstić information content (AvgIpc) is 1.69. The largest absolute Gasteiger partial charge is 0.274 e. The number of halogens is 1. The van der Waals surface area contributed by atoms with Gasteiger partial charge in [-0.3, -0.25) is 4.90 Å². The van der Waals surface area contributed by atoms with Crippen molar-refractivity contribution in [3.8, 4) is 0 Å². The van der Waals surface area contributed by atoms with Crippen LogP contribution in [0.25, 0.3) is 0 Å². The van der Waals surface area contributed by atoms with Gasteiger partial charge in [0, 0.05) is 6.04 Å². The maximum absolute atomic E-state index is 11.8. The molecule has 0 fully saturated rings. The molecule has 0 atom stereocenters. The van der Waals surface area contributed by atoms with E-state index in [4.69, 9.17) is 0 Å². The third kappa shape index (κ3) is 2.26. The number of rotatable bonds is 3. The zero-order valence-corrected chi connectivity index (χ0v) is 5.82. The Balaban J connectivity index is 3.35. The molecule has 0 bridgehead atoms. The summed E-state index contributed by atoms with van der Waals surface area (Å²) in [5.41, 5.74) is 0. The zero-order chi connectivity index (χ0) is 6.57. The summed E-state index contributed by atoms with van der Waals surface area (Å²) in [5, 5.41) is 0. The lowest BCUT2D eigenvalue weighted by atomic mass is 10.3. The molecule has 0 unspecified atom stereocenters. The first kappa shape index (κ1) is 7.89. The van der Waals surface area contributed by atoms with Crippen molar-refractivity contribution in [2.24, 2.45) is 0 Å². The highest BCUT2D eigenvalue weighted by atomic mass is 19.1. The Hall–Kier alpha value is -0.110.